The number of thiophene rings is 1. The summed E-state index contributed by atoms with van der Waals surface area (Å²) in [5, 5.41) is 0. The molecule has 0 saturated heterocycles. The van der Waals surface area contributed by atoms with E-state index in [9.17, 15) is 8.42 Å². The highest BCUT2D eigenvalue weighted by atomic mass is 35.5. The van der Waals surface area contributed by atoms with E-state index in [1.807, 2.05) is 0 Å². The van der Waals surface area contributed by atoms with Crippen LogP contribution in [-0.2, 0) is 10.0 Å². The molecule has 2 heterocycles. The number of nitrogens with one attached hydrogen (secondary N) is 2. The van der Waals surface area contributed by atoms with Crippen LogP contribution in [0.5, 0.6) is 0 Å². The van der Waals surface area contributed by atoms with E-state index in [-0.39, 0.29) is 4.21 Å². The van der Waals surface area contributed by atoms with Crippen molar-refractivity contribution in [2.24, 2.45) is 0 Å². The number of aromatic amines is 1. The van der Waals surface area contributed by atoms with Crippen molar-refractivity contribution in [3.8, 4) is 11.4 Å². The molecule has 0 radical (unpaired) electrons. The highest BCUT2D eigenvalue weighted by Crippen LogP contribution is 2.27. The van der Waals surface area contributed by atoms with Crippen LogP contribution in [0.25, 0.3) is 11.4 Å². The van der Waals surface area contributed by atoms with E-state index in [1.165, 1.54) is 6.07 Å². The molecular weight excluding hydrogens is 330 g/mol. The minimum absolute atomic E-state index is 0.183. The van der Waals surface area contributed by atoms with Gasteiger partial charge in [-0.15, -0.1) is 11.3 Å². The first-order chi connectivity index (χ1) is 10.0. The Labute approximate surface area is 130 Å². The summed E-state index contributed by atoms with van der Waals surface area (Å²) in [5.41, 5.74) is 1.36. The Kier molecular flexibility index (Phi) is 3.71. The number of halogens is 1. The molecule has 108 valence electrons. The summed E-state index contributed by atoms with van der Waals surface area (Å²) in [7, 11) is -3.60. The number of hydrogen-bond acceptors (Lipinski definition) is 4. The van der Waals surface area contributed by atoms with Crippen LogP contribution in [0.15, 0.2) is 53.0 Å². The van der Waals surface area contributed by atoms with E-state index < -0.39 is 10.0 Å². The minimum atomic E-state index is -3.60. The molecule has 0 bridgehead atoms. The van der Waals surface area contributed by atoms with Crippen molar-refractivity contribution in [1.29, 1.82) is 0 Å². The zero-order valence-electron chi connectivity index (χ0n) is 10.6. The Bertz CT molecular complexity index is 840. The highest BCUT2D eigenvalue weighted by Gasteiger charge is 2.16. The number of imidazole rings is 1. The quantitative estimate of drug-likeness (QED) is 0.762. The van der Waals surface area contributed by atoms with Gasteiger partial charge in [-0.25, -0.2) is 13.4 Å². The molecule has 21 heavy (non-hydrogen) atoms. The van der Waals surface area contributed by atoms with E-state index in [1.54, 1.807) is 42.7 Å². The minimum Gasteiger partial charge on any atom is -0.345 e. The molecule has 0 saturated carbocycles. The summed E-state index contributed by atoms with van der Waals surface area (Å²) < 4.78 is 27.4. The Morgan fingerprint density at radius 2 is 1.90 bits per heavy atom. The van der Waals surface area contributed by atoms with E-state index in [4.69, 9.17) is 11.6 Å². The molecule has 0 spiro atoms. The van der Waals surface area contributed by atoms with E-state index in [0.29, 0.717) is 10.0 Å². The Morgan fingerprint density at radius 1 is 1.14 bits per heavy atom. The lowest BCUT2D eigenvalue weighted by atomic mass is 10.2. The predicted octanol–water partition coefficient (Wildman–Crippen LogP) is 3.59. The van der Waals surface area contributed by atoms with E-state index in [0.717, 1.165) is 22.7 Å². The van der Waals surface area contributed by atoms with Gasteiger partial charge in [0.1, 0.15) is 10.0 Å². The van der Waals surface area contributed by atoms with Crippen LogP contribution < -0.4 is 4.72 Å². The highest BCUT2D eigenvalue weighted by molar-refractivity contribution is 7.94. The summed E-state index contributed by atoms with van der Waals surface area (Å²) in [6.07, 6.45) is 3.39. The van der Waals surface area contributed by atoms with Gasteiger partial charge in [0.05, 0.1) is 4.34 Å². The van der Waals surface area contributed by atoms with Crippen molar-refractivity contribution in [1.82, 2.24) is 9.97 Å². The third-order valence-electron chi connectivity index (χ3n) is 2.72. The molecular formula is C13H10ClN3O2S2. The SMILES string of the molecule is O=S(=O)(Nc1ccc(-c2ncc[nH]2)cc1)c1ccc(Cl)s1. The molecule has 1 aromatic carbocycles. The van der Waals surface area contributed by atoms with Crippen LogP contribution in [-0.4, -0.2) is 18.4 Å². The van der Waals surface area contributed by atoms with Gasteiger partial charge in [-0.1, -0.05) is 11.6 Å². The number of rotatable bonds is 4. The van der Waals surface area contributed by atoms with Gasteiger partial charge in [0.25, 0.3) is 10.0 Å². The average Bonchev–Trinajstić information content (AvgIpc) is 3.10. The maximum absolute atomic E-state index is 12.2. The second-order valence-corrected chi connectivity index (χ2v) is 7.80. The van der Waals surface area contributed by atoms with Gasteiger partial charge >= 0.3 is 0 Å². The van der Waals surface area contributed by atoms with Crippen molar-refractivity contribution in [2.45, 2.75) is 4.21 Å². The van der Waals surface area contributed by atoms with Crippen LogP contribution in [0.2, 0.25) is 4.34 Å². The van der Waals surface area contributed by atoms with E-state index in [2.05, 4.69) is 14.7 Å². The molecule has 0 atom stereocenters. The van der Waals surface area contributed by atoms with Crippen molar-refractivity contribution in [3.63, 3.8) is 0 Å². The molecule has 3 rings (SSSR count). The number of sulfonamides is 1. The number of H-pyrrole nitrogens is 1. The fourth-order valence-corrected chi connectivity index (χ4v) is 4.31. The first-order valence-electron chi connectivity index (χ1n) is 5.92. The maximum Gasteiger partial charge on any atom is 0.271 e. The Morgan fingerprint density at radius 3 is 2.48 bits per heavy atom. The number of anilines is 1. The van der Waals surface area contributed by atoms with Gasteiger partial charge in [-0.05, 0) is 36.4 Å². The second-order valence-electron chi connectivity index (χ2n) is 4.18. The van der Waals surface area contributed by atoms with Gasteiger partial charge in [0.2, 0.25) is 0 Å². The van der Waals surface area contributed by atoms with Crippen molar-refractivity contribution in [3.05, 3.63) is 53.1 Å². The predicted molar refractivity (Wildman–Crippen MR) is 84.2 cm³/mol. The Balaban J connectivity index is 1.82. The molecule has 2 N–H and O–H groups in total. The van der Waals surface area contributed by atoms with Crippen LogP contribution in [0.3, 0.4) is 0 Å². The lowest BCUT2D eigenvalue weighted by Gasteiger charge is -2.06. The monoisotopic (exact) mass is 339 g/mol. The smallest absolute Gasteiger partial charge is 0.271 e. The normalized spacial score (nSPS) is 11.5. The van der Waals surface area contributed by atoms with Gasteiger partial charge in [-0.2, -0.15) is 0 Å². The van der Waals surface area contributed by atoms with Crippen molar-refractivity contribution < 1.29 is 8.42 Å². The van der Waals surface area contributed by atoms with Gasteiger partial charge in [0.15, 0.2) is 0 Å². The second kappa shape index (κ2) is 5.51. The zero-order chi connectivity index (χ0) is 14.9. The number of aromatic nitrogens is 2. The van der Waals surface area contributed by atoms with Crippen molar-refractivity contribution >= 4 is 38.6 Å². The zero-order valence-corrected chi connectivity index (χ0v) is 13.0. The fourth-order valence-electron chi connectivity index (χ4n) is 1.77. The molecule has 0 aliphatic heterocycles. The molecule has 0 aliphatic rings. The molecule has 0 amide bonds. The van der Waals surface area contributed by atoms with Crippen molar-refractivity contribution in [2.75, 3.05) is 4.72 Å². The third-order valence-corrected chi connectivity index (χ3v) is 5.83. The molecule has 8 heteroatoms. The van der Waals surface area contributed by atoms with Gasteiger partial charge in [-0.3, -0.25) is 4.72 Å². The van der Waals surface area contributed by atoms with Crippen LogP contribution >= 0.6 is 22.9 Å². The van der Waals surface area contributed by atoms with E-state index >= 15 is 0 Å². The van der Waals surface area contributed by atoms with Crippen LogP contribution in [0.1, 0.15) is 0 Å². The summed E-state index contributed by atoms with van der Waals surface area (Å²) in [6.45, 7) is 0. The summed E-state index contributed by atoms with van der Waals surface area (Å²) >= 11 is 6.78. The van der Waals surface area contributed by atoms with Crippen LogP contribution in [0.4, 0.5) is 5.69 Å². The number of benzene rings is 1. The third kappa shape index (κ3) is 3.10. The first kappa shape index (κ1) is 14.1. The van der Waals surface area contributed by atoms with Gasteiger partial charge in [0, 0.05) is 23.6 Å². The first-order valence-corrected chi connectivity index (χ1v) is 8.60. The molecule has 0 fully saturated rings. The maximum atomic E-state index is 12.2. The van der Waals surface area contributed by atoms with Crippen LogP contribution in [0, 0.1) is 0 Å². The summed E-state index contributed by atoms with van der Waals surface area (Å²) in [5.74, 6) is 0.731. The number of nitrogens with zero attached hydrogens (tertiary/aromatic N) is 1. The molecule has 2 aromatic heterocycles. The molecule has 0 aliphatic carbocycles. The average molecular weight is 340 g/mol. The molecule has 0 unspecified atom stereocenters. The number of hydrogen-bond donors (Lipinski definition) is 2. The Hall–Kier alpha value is -1.83. The standard InChI is InChI=1S/C13H10ClN3O2S2/c14-11-5-6-12(20-11)21(18,19)17-10-3-1-9(2-4-10)13-15-7-8-16-13/h1-8,17H,(H,15,16). The topological polar surface area (TPSA) is 74.8 Å². The lowest BCUT2D eigenvalue weighted by Crippen LogP contribution is -2.11. The fraction of sp³-hybridized carbons (Fsp3) is 0. The molecule has 5 nitrogen and oxygen atoms in total. The largest absolute Gasteiger partial charge is 0.345 e. The summed E-state index contributed by atoms with van der Waals surface area (Å²) in [4.78, 5) is 7.12. The van der Waals surface area contributed by atoms with Gasteiger partial charge < -0.3 is 4.98 Å². The lowest BCUT2D eigenvalue weighted by molar-refractivity contribution is 0.603. The summed E-state index contributed by atoms with van der Waals surface area (Å²) in [6, 6.07) is 9.98. The molecule has 3 aromatic rings.